The van der Waals surface area contributed by atoms with Gasteiger partial charge in [-0.25, -0.2) is 14.3 Å². The van der Waals surface area contributed by atoms with Crippen LogP contribution in [0.25, 0.3) is 5.65 Å². The molecule has 1 atom stereocenters. The van der Waals surface area contributed by atoms with E-state index in [1.54, 1.807) is 22.0 Å². The fraction of sp³-hybridized carbons (Fsp3) is 0.389. The van der Waals surface area contributed by atoms with E-state index >= 15 is 0 Å². The van der Waals surface area contributed by atoms with Crippen molar-refractivity contribution in [1.82, 2.24) is 24.8 Å². The third kappa shape index (κ3) is 3.37. The summed E-state index contributed by atoms with van der Waals surface area (Å²) in [5, 5.41) is 9.80. The third-order valence-corrected chi connectivity index (χ3v) is 5.71. The minimum Gasteiger partial charge on any atom is -0.352 e. The highest BCUT2D eigenvalue weighted by Crippen LogP contribution is 2.22. The Morgan fingerprint density at radius 3 is 2.85 bits per heavy atom. The van der Waals surface area contributed by atoms with Gasteiger partial charge < -0.3 is 15.1 Å². The van der Waals surface area contributed by atoms with Crippen molar-refractivity contribution >= 4 is 28.8 Å². The molecule has 1 saturated heterocycles. The van der Waals surface area contributed by atoms with Crippen LogP contribution in [0.15, 0.2) is 42.0 Å². The van der Waals surface area contributed by atoms with Crippen molar-refractivity contribution in [3.8, 4) is 0 Å². The number of hydrogen-bond acceptors (Lipinski definition) is 5. The molecule has 4 rings (SSSR count). The molecule has 0 aliphatic carbocycles. The molecule has 3 aromatic rings. The molecule has 1 aliphatic heterocycles. The summed E-state index contributed by atoms with van der Waals surface area (Å²) in [6.07, 6.45) is 4.48. The van der Waals surface area contributed by atoms with E-state index in [1.807, 2.05) is 34.7 Å². The van der Waals surface area contributed by atoms with Crippen molar-refractivity contribution < 1.29 is 4.79 Å². The van der Waals surface area contributed by atoms with Crippen LogP contribution in [-0.2, 0) is 0 Å². The van der Waals surface area contributed by atoms with E-state index in [0.717, 1.165) is 31.0 Å². The standard InChI is InChI=1S/C18H22N6OS/c1-2-14(15-4-3-13-26-15)20-18(25)23-11-9-22(10-12-23)17-6-5-16-19-7-8-24(16)21-17/h3-8,13-14H,2,9-12H2,1H3,(H,20,25). The molecule has 0 spiro atoms. The maximum atomic E-state index is 12.6. The highest BCUT2D eigenvalue weighted by molar-refractivity contribution is 7.10. The van der Waals surface area contributed by atoms with Crippen LogP contribution in [0.2, 0.25) is 0 Å². The Hall–Kier alpha value is -2.61. The average molecular weight is 370 g/mol. The van der Waals surface area contributed by atoms with Crippen LogP contribution >= 0.6 is 11.3 Å². The van der Waals surface area contributed by atoms with Crippen LogP contribution in [0, 0.1) is 0 Å². The van der Waals surface area contributed by atoms with Gasteiger partial charge in [0.05, 0.1) is 6.04 Å². The van der Waals surface area contributed by atoms with Gasteiger partial charge in [0, 0.05) is 43.4 Å². The van der Waals surface area contributed by atoms with Gasteiger partial charge in [-0.05, 0) is 30.0 Å². The lowest BCUT2D eigenvalue weighted by Gasteiger charge is -2.36. The highest BCUT2D eigenvalue weighted by Gasteiger charge is 2.24. The second-order valence-corrected chi connectivity index (χ2v) is 7.30. The van der Waals surface area contributed by atoms with Gasteiger partial charge in [0.15, 0.2) is 5.65 Å². The van der Waals surface area contributed by atoms with Gasteiger partial charge in [0.2, 0.25) is 0 Å². The number of carbonyl (C=O) groups is 1. The largest absolute Gasteiger partial charge is 0.352 e. The number of nitrogens with one attached hydrogen (secondary N) is 1. The van der Waals surface area contributed by atoms with Gasteiger partial charge in [-0.1, -0.05) is 13.0 Å². The Labute approximate surface area is 156 Å². The molecule has 4 heterocycles. The molecule has 26 heavy (non-hydrogen) atoms. The summed E-state index contributed by atoms with van der Waals surface area (Å²) < 4.78 is 1.78. The van der Waals surface area contributed by atoms with E-state index in [2.05, 4.69) is 33.3 Å². The number of amides is 2. The first kappa shape index (κ1) is 16.8. The number of urea groups is 1. The predicted molar refractivity (Wildman–Crippen MR) is 103 cm³/mol. The van der Waals surface area contributed by atoms with Crippen molar-refractivity contribution in [2.24, 2.45) is 0 Å². The van der Waals surface area contributed by atoms with E-state index in [0.29, 0.717) is 13.1 Å². The monoisotopic (exact) mass is 370 g/mol. The first-order chi connectivity index (χ1) is 12.7. The SMILES string of the molecule is CCC(NC(=O)N1CCN(c2ccc3nccn3n2)CC1)c1cccs1. The number of nitrogens with zero attached hydrogens (tertiary/aromatic N) is 5. The number of fused-ring (bicyclic) bond motifs is 1. The van der Waals surface area contributed by atoms with Crippen LogP contribution in [0.4, 0.5) is 10.6 Å². The molecule has 0 saturated carbocycles. The number of imidazole rings is 1. The van der Waals surface area contributed by atoms with E-state index < -0.39 is 0 Å². The normalized spacial score (nSPS) is 16.0. The van der Waals surface area contributed by atoms with Crippen molar-refractivity contribution in [2.45, 2.75) is 19.4 Å². The Morgan fingerprint density at radius 1 is 1.27 bits per heavy atom. The van der Waals surface area contributed by atoms with Crippen LogP contribution in [0.5, 0.6) is 0 Å². The topological polar surface area (TPSA) is 65.8 Å². The maximum Gasteiger partial charge on any atom is 0.318 e. The van der Waals surface area contributed by atoms with Crippen LogP contribution < -0.4 is 10.2 Å². The lowest BCUT2D eigenvalue weighted by atomic mass is 10.2. The smallest absolute Gasteiger partial charge is 0.318 e. The minimum absolute atomic E-state index is 0.0166. The maximum absolute atomic E-state index is 12.6. The average Bonchev–Trinajstić information content (AvgIpc) is 3.37. The van der Waals surface area contributed by atoms with Gasteiger partial charge in [-0.15, -0.1) is 16.4 Å². The zero-order chi connectivity index (χ0) is 17.9. The molecule has 136 valence electrons. The summed E-state index contributed by atoms with van der Waals surface area (Å²) in [5.41, 5.74) is 0.839. The summed E-state index contributed by atoms with van der Waals surface area (Å²) >= 11 is 1.69. The van der Waals surface area contributed by atoms with E-state index in [1.165, 1.54) is 4.88 Å². The highest BCUT2D eigenvalue weighted by atomic mass is 32.1. The van der Waals surface area contributed by atoms with E-state index in [9.17, 15) is 4.79 Å². The van der Waals surface area contributed by atoms with Crippen LogP contribution in [0.1, 0.15) is 24.3 Å². The first-order valence-corrected chi connectivity index (χ1v) is 9.77. The Kier molecular flexibility index (Phi) is 4.75. The van der Waals surface area contributed by atoms with E-state index in [4.69, 9.17) is 0 Å². The molecule has 3 aromatic heterocycles. The molecule has 1 N–H and O–H groups in total. The number of thiophene rings is 1. The molecule has 1 aliphatic rings. The number of piperazine rings is 1. The van der Waals surface area contributed by atoms with Crippen LogP contribution in [0.3, 0.4) is 0 Å². The fourth-order valence-electron chi connectivity index (χ4n) is 3.22. The van der Waals surface area contributed by atoms with Crippen LogP contribution in [-0.4, -0.2) is 51.7 Å². The Bertz CT molecular complexity index is 869. The predicted octanol–water partition coefficient (Wildman–Crippen LogP) is 2.77. The first-order valence-electron chi connectivity index (χ1n) is 8.89. The zero-order valence-electron chi connectivity index (χ0n) is 14.7. The van der Waals surface area contributed by atoms with Gasteiger partial charge in [-0.2, -0.15) is 0 Å². The molecule has 0 bridgehead atoms. The second-order valence-electron chi connectivity index (χ2n) is 6.32. The molecule has 2 amide bonds. The quantitative estimate of drug-likeness (QED) is 0.767. The second kappa shape index (κ2) is 7.33. The summed E-state index contributed by atoms with van der Waals surface area (Å²) in [7, 11) is 0. The van der Waals surface area contributed by atoms with Crippen molar-refractivity contribution in [2.75, 3.05) is 31.1 Å². The van der Waals surface area contributed by atoms with E-state index in [-0.39, 0.29) is 12.1 Å². The van der Waals surface area contributed by atoms with Gasteiger partial charge in [-0.3, -0.25) is 0 Å². The molecule has 8 heteroatoms. The molecule has 1 unspecified atom stereocenters. The molecular weight excluding hydrogens is 348 g/mol. The Balaban J connectivity index is 1.36. The summed E-state index contributed by atoms with van der Waals surface area (Å²) in [4.78, 5) is 22.1. The zero-order valence-corrected chi connectivity index (χ0v) is 15.5. The lowest BCUT2D eigenvalue weighted by Crippen LogP contribution is -2.52. The fourth-order valence-corrected chi connectivity index (χ4v) is 4.08. The van der Waals surface area contributed by atoms with Crippen molar-refractivity contribution in [3.63, 3.8) is 0 Å². The third-order valence-electron chi connectivity index (χ3n) is 4.72. The summed E-state index contributed by atoms with van der Waals surface area (Å²) in [5.74, 6) is 0.917. The number of carbonyl (C=O) groups excluding carboxylic acids is 1. The lowest BCUT2D eigenvalue weighted by molar-refractivity contribution is 0.190. The molecule has 0 radical (unpaired) electrons. The van der Waals surface area contributed by atoms with Crippen molar-refractivity contribution in [3.05, 3.63) is 46.9 Å². The minimum atomic E-state index is 0.0166. The number of aromatic nitrogens is 3. The van der Waals surface area contributed by atoms with Gasteiger partial charge in [0.25, 0.3) is 0 Å². The van der Waals surface area contributed by atoms with Gasteiger partial charge >= 0.3 is 6.03 Å². The summed E-state index contributed by atoms with van der Waals surface area (Å²) in [6, 6.07) is 8.16. The molecule has 7 nitrogen and oxygen atoms in total. The molecular formula is C18H22N6OS. The van der Waals surface area contributed by atoms with Crippen molar-refractivity contribution in [1.29, 1.82) is 0 Å². The number of rotatable bonds is 4. The number of anilines is 1. The summed E-state index contributed by atoms with van der Waals surface area (Å²) in [6.45, 7) is 5.03. The molecule has 0 aromatic carbocycles. The molecule has 1 fully saturated rings. The Morgan fingerprint density at radius 2 is 2.12 bits per heavy atom. The van der Waals surface area contributed by atoms with Gasteiger partial charge in [0.1, 0.15) is 5.82 Å². The number of hydrogen-bond donors (Lipinski definition) is 1.